The summed E-state index contributed by atoms with van der Waals surface area (Å²) in [6, 6.07) is 5.51. The lowest BCUT2D eigenvalue weighted by molar-refractivity contribution is -0.147. The minimum atomic E-state index is -0.922. The maximum Gasteiger partial charge on any atom is 0.345 e. The van der Waals surface area contributed by atoms with Gasteiger partial charge in [0.05, 0.1) is 0 Å². The van der Waals surface area contributed by atoms with Crippen LogP contribution in [0, 0.1) is 5.92 Å². The molecule has 1 aliphatic rings. The summed E-state index contributed by atoms with van der Waals surface area (Å²) in [5.41, 5.74) is 1.06. The second-order valence-corrected chi connectivity index (χ2v) is 6.57. The SMILES string of the molecule is CC(C)C(Oc1ccc(Cl)cc1C1CCCCC1)C(=O)O. The van der Waals surface area contributed by atoms with Gasteiger partial charge >= 0.3 is 5.97 Å². The molecule has 0 aliphatic heterocycles. The van der Waals surface area contributed by atoms with E-state index in [1.54, 1.807) is 6.07 Å². The molecule has 1 aliphatic carbocycles. The Balaban J connectivity index is 2.27. The first-order valence-corrected chi connectivity index (χ1v) is 8.05. The van der Waals surface area contributed by atoms with Gasteiger partial charge in [0.1, 0.15) is 5.75 Å². The van der Waals surface area contributed by atoms with Crippen LogP contribution in [0.5, 0.6) is 5.75 Å². The molecule has 1 aromatic carbocycles. The fraction of sp³-hybridized carbons (Fsp3) is 0.588. The van der Waals surface area contributed by atoms with E-state index in [1.807, 2.05) is 26.0 Å². The number of carbonyl (C=O) groups is 1. The molecule has 1 fully saturated rings. The molecular weight excluding hydrogens is 288 g/mol. The van der Waals surface area contributed by atoms with E-state index in [9.17, 15) is 9.90 Å². The molecule has 0 bridgehead atoms. The van der Waals surface area contributed by atoms with Gasteiger partial charge in [-0.2, -0.15) is 0 Å². The maximum atomic E-state index is 11.3. The van der Waals surface area contributed by atoms with E-state index >= 15 is 0 Å². The number of carboxylic acid groups (broad SMARTS) is 1. The minimum absolute atomic E-state index is 0.0858. The summed E-state index contributed by atoms with van der Waals surface area (Å²) >= 11 is 6.13. The summed E-state index contributed by atoms with van der Waals surface area (Å²) in [6.45, 7) is 3.71. The molecule has 1 aromatic rings. The van der Waals surface area contributed by atoms with Crippen molar-refractivity contribution in [2.24, 2.45) is 5.92 Å². The average Bonchev–Trinajstić information content (AvgIpc) is 2.46. The standard InChI is InChI=1S/C17H23ClO3/c1-11(2)16(17(19)20)21-15-9-8-13(18)10-14(15)12-6-4-3-5-7-12/h8-12,16H,3-7H2,1-2H3,(H,19,20). The van der Waals surface area contributed by atoms with Crippen LogP contribution in [0.1, 0.15) is 57.4 Å². The molecule has 0 aromatic heterocycles. The molecule has 1 N–H and O–H groups in total. The van der Waals surface area contributed by atoms with Gasteiger partial charge in [-0.05, 0) is 42.5 Å². The van der Waals surface area contributed by atoms with Gasteiger partial charge in [0.2, 0.25) is 0 Å². The Kier molecular flexibility index (Phi) is 5.51. The maximum absolute atomic E-state index is 11.3. The summed E-state index contributed by atoms with van der Waals surface area (Å²) in [7, 11) is 0. The van der Waals surface area contributed by atoms with Crippen LogP contribution in [-0.2, 0) is 4.79 Å². The van der Waals surface area contributed by atoms with Gasteiger partial charge in [-0.3, -0.25) is 0 Å². The quantitative estimate of drug-likeness (QED) is 0.843. The van der Waals surface area contributed by atoms with E-state index in [0.717, 1.165) is 18.4 Å². The topological polar surface area (TPSA) is 46.5 Å². The van der Waals surface area contributed by atoms with Gasteiger partial charge in [-0.1, -0.05) is 44.7 Å². The van der Waals surface area contributed by atoms with Crippen molar-refractivity contribution >= 4 is 17.6 Å². The van der Waals surface area contributed by atoms with Crippen molar-refractivity contribution in [2.75, 3.05) is 0 Å². The smallest absolute Gasteiger partial charge is 0.345 e. The van der Waals surface area contributed by atoms with E-state index in [-0.39, 0.29) is 5.92 Å². The molecule has 1 atom stereocenters. The van der Waals surface area contributed by atoms with Crippen molar-refractivity contribution in [1.29, 1.82) is 0 Å². The zero-order chi connectivity index (χ0) is 15.4. The van der Waals surface area contributed by atoms with Crippen LogP contribution < -0.4 is 4.74 Å². The largest absolute Gasteiger partial charge is 0.478 e. The summed E-state index contributed by atoms with van der Waals surface area (Å²) in [5.74, 6) is 0.0911. The van der Waals surface area contributed by atoms with Crippen molar-refractivity contribution < 1.29 is 14.6 Å². The van der Waals surface area contributed by atoms with Crippen molar-refractivity contribution in [3.05, 3.63) is 28.8 Å². The Bertz CT molecular complexity index is 493. The highest BCUT2D eigenvalue weighted by Crippen LogP contribution is 2.39. The lowest BCUT2D eigenvalue weighted by Gasteiger charge is -2.26. The Labute approximate surface area is 131 Å². The van der Waals surface area contributed by atoms with E-state index < -0.39 is 12.1 Å². The number of rotatable bonds is 5. The number of hydrogen-bond acceptors (Lipinski definition) is 2. The fourth-order valence-electron chi connectivity index (χ4n) is 2.97. The number of halogens is 1. The van der Waals surface area contributed by atoms with E-state index in [0.29, 0.717) is 16.7 Å². The molecule has 0 saturated heterocycles. The molecule has 0 amide bonds. The molecule has 2 rings (SSSR count). The third-order valence-corrected chi connectivity index (χ3v) is 4.35. The first kappa shape index (κ1) is 16.2. The predicted molar refractivity (Wildman–Crippen MR) is 84.2 cm³/mol. The fourth-order valence-corrected chi connectivity index (χ4v) is 3.15. The van der Waals surface area contributed by atoms with Gasteiger partial charge in [-0.15, -0.1) is 0 Å². The molecule has 0 heterocycles. The number of hydrogen-bond donors (Lipinski definition) is 1. The van der Waals surface area contributed by atoms with Crippen LogP contribution in [0.25, 0.3) is 0 Å². The highest BCUT2D eigenvalue weighted by molar-refractivity contribution is 6.30. The minimum Gasteiger partial charge on any atom is -0.478 e. The van der Waals surface area contributed by atoms with Gasteiger partial charge in [0, 0.05) is 10.9 Å². The van der Waals surface area contributed by atoms with Gasteiger partial charge in [-0.25, -0.2) is 4.79 Å². The second-order valence-electron chi connectivity index (χ2n) is 6.14. The van der Waals surface area contributed by atoms with Crippen LogP contribution in [0.4, 0.5) is 0 Å². The van der Waals surface area contributed by atoms with Crippen LogP contribution in [0.2, 0.25) is 5.02 Å². The zero-order valence-corrected chi connectivity index (χ0v) is 13.4. The first-order valence-electron chi connectivity index (χ1n) is 7.68. The van der Waals surface area contributed by atoms with Crippen LogP contribution in [-0.4, -0.2) is 17.2 Å². The molecule has 0 radical (unpaired) electrons. The van der Waals surface area contributed by atoms with Gasteiger partial charge in [0.25, 0.3) is 0 Å². The van der Waals surface area contributed by atoms with Gasteiger partial charge < -0.3 is 9.84 Å². The molecule has 0 spiro atoms. The second kappa shape index (κ2) is 7.17. The Morgan fingerprint density at radius 2 is 1.95 bits per heavy atom. The average molecular weight is 311 g/mol. The molecule has 3 nitrogen and oxygen atoms in total. The monoisotopic (exact) mass is 310 g/mol. The van der Waals surface area contributed by atoms with Crippen molar-refractivity contribution in [1.82, 2.24) is 0 Å². The predicted octanol–water partition coefficient (Wildman–Crippen LogP) is 4.88. The number of benzene rings is 1. The summed E-state index contributed by atoms with van der Waals surface area (Å²) in [4.78, 5) is 11.3. The summed E-state index contributed by atoms with van der Waals surface area (Å²) < 4.78 is 5.82. The van der Waals surface area contributed by atoms with Crippen LogP contribution in [0.15, 0.2) is 18.2 Å². The van der Waals surface area contributed by atoms with Crippen molar-refractivity contribution in [2.45, 2.75) is 58.0 Å². The molecular formula is C17H23ClO3. The third-order valence-electron chi connectivity index (χ3n) is 4.12. The van der Waals surface area contributed by atoms with Crippen LogP contribution >= 0.6 is 11.6 Å². The van der Waals surface area contributed by atoms with E-state index in [2.05, 4.69) is 0 Å². The normalized spacial score (nSPS) is 17.7. The molecule has 1 saturated carbocycles. The van der Waals surface area contributed by atoms with Gasteiger partial charge in [0.15, 0.2) is 6.10 Å². The third kappa shape index (κ3) is 4.13. The van der Waals surface area contributed by atoms with Crippen molar-refractivity contribution in [3.8, 4) is 5.75 Å². The Hall–Kier alpha value is -1.22. The lowest BCUT2D eigenvalue weighted by Crippen LogP contribution is -2.32. The molecule has 116 valence electrons. The molecule has 4 heteroatoms. The number of carboxylic acids is 1. The number of aliphatic carboxylic acids is 1. The van der Waals surface area contributed by atoms with Crippen molar-refractivity contribution in [3.63, 3.8) is 0 Å². The summed E-state index contributed by atoms with van der Waals surface area (Å²) in [6.07, 6.45) is 5.11. The lowest BCUT2D eigenvalue weighted by atomic mass is 9.83. The summed E-state index contributed by atoms with van der Waals surface area (Å²) in [5, 5.41) is 9.99. The highest BCUT2D eigenvalue weighted by Gasteiger charge is 2.26. The first-order chi connectivity index (χ1) is 9.99. The van der Waals surface area contributed by atoms with E-state index in [4.69, 9.17) is 16.3 Å². The molecule has 1 unspecified atom stereocenters. The van der Waals surface area contributed by atoms with Crippen LogP contribution in [0.3, 0.4) is 0 Å². The molecule has 21 heavy (non-hydrogen) atoms. The highest BCUT2D eigenvalue weighted by atomic mass is 35.5. The zero-order valence-electron chi connectivity index (χ0n) is 12.6. The Morgan fingerprint density at radius 1 is 1.29 bits per heavy atom. The van der Waals surface area contributed by atoms with E-state index in [1.165, 1.54) is 19.3 Å². The Morgan fingerprint density at radius 3 is 2.52 bits per heavy atom. The number of ether oxygens (including phenoxy) is 1.